The van der Waals surface area contributed by atoms with Gasteiger partial charge in [-0.15, -0.1) is 0 Å². The number of hydrogen-bond donors (Lipinski definition) is 7. The highest BCUT2D eigenvalue weighted by atomic mass is 16.2. The van der Waals surface area contributed by atoms with Crippen molar-refractivity contribution in [3.8, 4) is 0 Å². The molecular formula is C31H57N7O7. The second kappa shape index (κ2) is 22.0. The fourth-order valence-corrected chi connectivity index (χ4v) is 4.46. The molecule has 0 spiro atoms. The lowest BCUT2D eigenvalue weighted by molar-refractivity contribution is -0.133. The molecule has 0 radical (unpaired) electrons. The Bertz CT molecular complexity index is 985. The van der Waals surface area contributed by atoms with Gasteiger partial charge in [-0.25, -0.2) is 0 Å². The van der Waals surface area contributed by atoms with Gasteiger partial charge >= 0.3 is 0 Å². The molecule has 45 heavy (non-hydrogen) atoms. The van der Waals surface area contributed by atoms with Crippen LogP contribution in [0.25, 0.3) is 0 Å². The van der Waals surface area contributed by atoms with Gasteiger partial charge in [0.25, 0.3) is 0 Å². The van der Waals surface area contributed by atoms with E-state index >= 15 is 0 Å². The van der Waals surface area contributed by atoms with Crippen molar-refractivity contribution < 1.29 is 33.6 Å². The molecule has 0 aliphatic heterocycles. The Morgan fingerprint density at radius 1 is 0.622 bits per heavy atom. The van der Waals surface area contributed by atoms with E-state index in [0.29, 0.717) is 38.5 Å². The molecular weight excluding hydrogens is 582 g/mol. The van der Waals surface area contributed by atoms with Crippen molar-refractivity contribution in [1.82, 2.24) is 31.9 Å². The van der Waals surface area contributed by atoms with Crippen molar-refractivity contribution >= 4 is 41.7 Å². The molecule has 0 unspecified atom stereocenters. The molecule has 8 N–H and O–H groups in total. The first-order valence-corrected chi connectivity index (χ1v) is 15.9. The summed E-state index contributed by atoms with van der Waals surface area (Å²) < 4.78 is 0. The smallest absolute Gasteiger partial charge is 0.243 e. The summed E-state index contributed by atoms with van der Waals surface area (Å²) in [5, 5.41) is 15.8. The molecule has 14 nitrogen and oxygen atoms in total. The minimum atomic E-state index is -0.989. The van der Waals surface area contributed by atoms with Crippen LogP contribution in [-0.4, -0.2) is 85.0 Å². The van der Waals surface area contributed by atoms with Crippen LogP contribution < -0.4 is 37.6 Å². The maximum atomic E-state index is 13.3. The average molecular weight is 640 g/mol. The van der Waals surface area contributed by atoms with Crippen LogP contribution in [0.5, 0.6) is 0 Å². The summed E-state index contributed by atoms with van der Waals surface area (Å²) in [6.07, 6.45) is 3.08. The zero-order chi connectivity index (χ0) is 34.7. The number of amides is 6. The summed E-state index contributed by atoms with van der Waals surface area (Å²) in [6, 6.07) is -4.39. The Kier molecular flexibility index (Phi) is 20.3. The molecule has 0 saturated carbocycles. The second-order valence-electron chi connectivity index (χ2n) is 12.9. The van der Waals surface area contributed by atoms with Crippen LogP contribution in [0.1, 0.15) is 93.9 Å². The van der Waals surface area contributed by atoms with E-state index in [1.807, 2.05) is 41.5 Å². The lowest BCUT2D eigenvalue weighted by Gasteiger charge is -2.26. The molecule has 0 aromatic heterocycles. The van der Waals surface area contributed by atoms with Gasteiger partial charge in [-0.1, -0.05) is 41.5 Å². The molecule has 0 aliphatic rings. The van der Waals surface area contributed by atoms with Gasteiger partial charge in [0.05, 0.1) is 18.6 Å². The van der Waals surface area contributed by atoms with E-state index in [9.17, 15) is 33.6 Å². The number of nitrogens with two attached hydrogens (primary N) is 1. The van der Waals surface area contributed by atoms with Gasteiger partial charge < -0.3 is 42.4 Å². The van der Waals surface area contributed by atoms with Gasteiger partial charge in [0.15, 0.2) is 0 Å². The third-order valence-electron chi connectivity index (χ3n) is 6.68. The topological polar surface area (TPSA) is 218 Å². The predicted molar refractivity (Wildman–Crippen MR) is 171 cm³/mol. The molecule has 0 heterocycles. The number of aldehydes is 1. The molecule has 0 aromatic rings. The SMILES string of the molecule is CC(=O)NCCCC[C@H](NC(=O)[C@H](C)N)C(=O)NCC(=O)N[C@@H](CC(C)C)C(=O)N[C@@H](CC(C)C)C(=O)N[C@H](C=O)CC(C)C. The fourth-order valence-electron chi connectivity index (χ4n) is 4.46. The van der Waals surface area contributed by atoms with Crippen molar-refractivity contribution in [2.45, 2.75) is 124 Å². The Morgan fingerprint density at radius 2 is 1.13 bits per heavy atom. The molecule has 14 heteroatoms. The summed E-state index contributed by atoms with van der Waals surface area (Å²) in [4.78, 5) is 86.9. The first-order chi connectivity index (χ1) is 21.0. The summed E-state index contributed by atoms with van der Waals surface area (Å²) >= 11 is 0. The quantitative estimate of drug-likeness (QED) is 0.0632. The summed E-state index contributed by atoms with van der Waals surface area (Å²) in [6.45, 7) is 14.3. The number of hydrogen-bond acceptors (Lipinski definition) is 8. The maximum absolute atomic E-state index is 13.3. The Hall–Kier alpha value is -3.55. The van der Waals surface area contributed by atoms with Gasteiger partial charge in [-0.05, 0) is 63.2 Å². The Labute approximate surface area is 267 Å². The van der Waals surface area contributed by atoms with Crippen molar-refractivity contribution in [2.75, 3.05) is 13.1 Å². The maximum Gasteiger partial charge on any atom is 0.243 e. The lowest BCUT2D eigenvalue weighted by atomic mass is 9.99. The van der Waals surface area contributed by atoms with E-state index < -0.39 is 66.3 Å². The summed E-state index contributed by atoms with van der Waals surface area (Å²) in [7, 11) is 0. The van der Waals surface area contributed by atoms with Gasteiger partial charge in [-0.2, -0.15) is 0 Å². The van der Waals surface area contributed by atoms with Crippen molar-refractivity contribution in [1.29, 1.82) is 0 Å². The van der Waals surface area contributed by atoms with Crippen LogP contribution in [0.2, 0.25) is 0 Å². The number of carbonyl (C=O) groups excluding carboxylic acids is 7. The Balaban J connectivity index is 5.46. The van der Waals surface area contributed by atoms with Crippen LogP contribution in [0.4, 0.5) is 0 Å². The van der Waals surface area contributed by atoms with Gasteiger partial charge in [0, 0.05) is 13.5 Å². The standard InChI is InChI=1S/C31H57N7O7/c1-18(2)13-23(17-39)35-30(44)26(15-20(5)6)38-31(45)25(14-19(3)4)36-27(41)16-34-29(43)24(37-28(42)21(7)32)11-9-10-12-33-22(8)40/h17-21,23-26H,9-16,32H2,1-8H3,(H,33,40)(H,34,43)(H,35,44)(H,36,41)(H,37,42)(H,38,45)/t21-,23-,24-,25-,26-/m0/s1. The lowest BCUT2D eigenvalue weighted by Crippen LogP contribution is -2.57. The summed E-state index contributed by atoms with van der Waals surface area (Å²) in [5.74, 6) is -2.72. The highest BCUT2D eigenvalue weighted by Gasteiger charge is 2.29. The number of rotatable bonds is 22. The zero-order valence-corrected chi connectivity index (χ0v) is 28.3. The number of nitrogens with one attached hydrogen (secondary N) is 6. The predicted octanol–water partition coefficient (Wildman–Crippen LogP) is 0.0326. The molecule has 5 atom stereocenters. The van der Waals surface area contributed by atoms with Gasteiger partial charge in [-0.3, -0.25) is 28.8 Å². The van der Waals surface area contributed by atoms with E-state index in [1.54, 1.807) is 0 Å². The first kappa shape index (κ1) is 41.4. The van der Waals surface area contributed by atoms with E-state index in [0.717, 1.165) is 0 Å². The molecule has 258 valence electrons. The van der Waals surface area contributed by atoms with Gasteiger partial charge in [0.1, 0.15) is 24.4 Å². The monoisotopic (exact) mass is 639 g/mol. The zero-order valence-electron chi connectivity index (χ0n) is 28.3. The molecule has 0 bridgehead atoms. The number of carbonyl (C=O) groups is 7. The number of unbranched alkanes of at least 4 members (excludes halogenated alkanes) is 1. The van der Waals surface area contributed by atoms with E-state index in [4.69, 9.17) is 5.73 Å². The van der Waals surface area contributed by atoms with Crippen LogP contribution in [0.15, 0.2) is 0 Å². The Morgan fingerprint density at radius 3 is 1.62 bits per heavy atom. The van der Waals surface area contributed by atoms with E-state index in [1.165, 1.54) is 13.8 Å². The van der Waals surface area contributed by atoms with Crippen LogP contribution in [-0.2, 0) is 33.6 Å². The molecule has 0 fully saturated rings. The first-order valence-electron chi connectivity index (χ1n) is 15.9. The normalized spacial score (nSPS) is 14.5. The molecule has 6 amide bonds. The van der Waals surface area contributed by atoms with Crippen LogP contribution >= 0.6 is 0 Å². The minimum Gasteiger partial charge on any atom is -0.356 e. The van der Waals surface area contributed by atoms with Crippen molar-refractivity contribution in [2.24, 2.45) is 23.5 Å². The highest BCUT2D eigenvalue weighted by Crippen LogP contribution is 2.10. The highest BCUT2D eigenvalue weighted by molar-refractivity contribution is 5.94. The van der Waals surface area contributed by atoms with Gasteiger partial charge in [0.2, 0.25) is 35.4 Å². The largest absolute Gasteiger partial charge is 0.356 e. The average Bonchev–Trinajstić information content (AvgIpc) is 2.92. The second-order valence-corrected chi connectivity index (χ2v) is 12.9. The van der Waals surface area contributed by atoms with E-state index in [-0.39, 0.29) is 36.5 Å². The third-order valence-corrected chi connectivity index (χ3v) is 6.68. The molecule has 0 saturated heterocycles. The fraction of sp³-hybridized carbons (Fsp3) is 0.774. The molecule has 0 aliphatic carbocycles. The molecule has 0 aromatic carbocycles. The minimum absolute atomic E-state index is 0.00818. The van der Waals surface area contributed by atoms with Crippen LogP contribution in [0, 0.1) is 17.8 Å². The van der Waals surface area contributed by atoms with Crippen molar-refractivity contribution in [3.05, 3.63) is 0 Å². The molecule has 0 rings (SSSR count). The van der Waals surface area contributed by atoms with Crippen molar-refractivity contribution in [3.63, 3.8) is 0 Å². The van der Waals surface area contributed by atoms with Crippen LogP contribution in [0.3, 0.4) is 0 Å². The van der Waals surface area contributed by atoms with E-state index in [2.05, 4.69) is 31.9 Å². The third kappa shape index (κ3) is 19.4. The summed E-state index contributed by atoms with van der Waals surface area (Å²) in [5.41, 5.74) is 5.63.